The largest absolute Gasteiger partial charge is 0.384 e. The Bertz CT molecular complexity index is 1380. The van der Waals surface area contributed by atoms with E-state index in [9.17, 15) is 26.8 Å². The molecule has 1 aliphatic carbocycles. The molecule has 3 aromatic rings. The molecule has 1 fully saturated rings. The van der Waals surface area contributed by atoms with Crippen molar-refractivity contribution in [2.75, 3.05) is 26.0 Å². The molecular formula is C22H22F2N4O5S2. The van der Waals surface area contributed by atoms with Crippen LogP contribution in [0.25, 0.3) is 21.5 Å². The highest BCUT2D eigenvalue weighted by Gasteiger charge is 2.37. The molecular weight excluding hydrogens is 502 g/mol. The smallest absolute Gasteiger partial charge is 0.245 e. The number of thiazole rings is 1. The summed E-state index contributed by atoms with van der Waals surface area (Å²) in [5.41, 5.74) is 0.198. The van der Waals surface area contributed by atoms with Crippen LogP contribution in [-0.2, 0) is 24.2 Å². The lowest BCUT2D eigenvalue weighted by atomic mass is 10.1. The number of benzene rings is 1. The van der Waals surface area contributed by atoms with Gasteiger partial charge in [0, 0.05) is 24.8 Å². The lowest BCUT2D eigenvalue weighted by Crippen LogP contribution is -2.41. The van der Waals surface area contributed by atoms with Crippen molar-refractivity contribution in [3.63, 3.8) is 0 Å². The van der Waals surface area contributed by atoms with E-state index in [0.717, 1.165) is 36.3 Å². The number of aromatic nitrogens is 2. The molecule has 2 N–H and O–H groups in total. The molecule has 2 aromatic heterocycles. The van der Waals surface area contributed by atoms with Crippen molar-refractivity contribution in [2.24, 2.45) is 0 Å². The monoisotopic (exact) mass is 524 g/mol. The third-order valence-electron chi connectivity index (χ3n) is 5.24. The number of fused-ring (bicyclic) bond motifs is 1. The van der Waals surface area contributed by atoms with E-state index in [4.69, 9.17) is 4.74 Å². The summed E-state index contributed by atoms with van der Waals surface area (Å²) in [7, 11) is -2.77. The van der Waals surface area contributed by atoms with Gasteiger partial charge in [-0.15, -0.1) is 11.3 Å². The number of methoxy groups -OCH3 is 1. The summed E-state index contributed by atoms with van der Waals surface area (Å²) in [4.78, 5) is 32.8. The second-order valence-electron chi connectivity index (χ2n) is 8.00. The molecule has 1 aromatic carbocycles. The van der Waals surface area contributed by atoms with Gasteiger partial charge in [-0.1, -0.05) is 6.07 Å². The molecule has 35 heavy (non-hydrogen) atoms. The molecule has 0 saturated heterocycles. The summed E-state index contributed by atoms with van der Waals surface area (Å²) in [5, 5.41) is 3.27. The maximum atomic E-state index is 14.8. The molecule has 13 heteroatoms. The average molecular weight is 525 g/mol. The van der Waals surface area contributed by atoms with Crippen molar-refractivity contribution in [2.45, 2.75) is 24.1 Å². The predicted octanol–water partition coefficient (Wildman–Crippen LogP) is 2.13. The van der Waals surface area contributed by atoms with Gasteiger partial charge in [-0.25, -0.2) is 22.8 Å². The zero-order valence-electron chi connectivity index (χ0n) is 18.6. The van der Waals surface area contributed by atoms with E-state index in [1.807, 2.05) is 0 Å². The lowest BCUT2D eigenvalue weighted by Gasteiger charge is -2.15. The van der Waals surface area contributed by atoms with Gasteiger partial charge in [0.05, 0.1) is 34.8 Å². The first-order chi connectivity index (χ1) is 16.7. The van der Waals surface area contributed by atoms with E-state index in [1.165, 1.54) is 25.3 Å². The molecule has 2 amide bonds. The zero-order chi connectivity index (χ0) is 25.2. The van der Waals surface area contributed by atoms with Crippen LogP contribution < -0.4 is 10.6 Å². The lowest BCUT2D eigenvalue weighted by molar-refractivity contribution is -0.126. The van der Waals surface area contributed by atoms with Crippen LogP contribution in [-0.4, -0.2) is 62.3 Å². The molecule has 4 rings (SSSR count). The number of sulfone groups is 1. The van der Waals surface area contributed by atoms with E-state index in [2.05, 4.69) is 20.6 Å². The molecule has 9 nitrogen and oxygen atoms in total. The van der Waals surface area contributed by atoms with Gasteiger partial charge in [-0.05, 0) is 31.0 Å². The Labute approximate surface area is 203 Å². The van der Waals surface area contributed by atoms with Gasteiger partial charge in [0.25, 0.3) is 0 Å². The van der Waals surface area contributed by atoms with Crippen molar-refractivity contribution in [3.8, 4) is 11.3 Å². The number of hydrogen-bond acceptors (Lipinski definition) is 8. The highest BCUT2D eigenvalue weighted by Crippen LogP contribution is 2.35. The quantitative estimate of drug-likeness (QED) is 0.389. The summed E-state index contributed by atoms with van der Waals surface area (Å²) in [6, 6.07) is 6.50. The number of amides is 2. The number of nitrogens with one attached hydrogen (secondary N) is 2. The molecule has 1 saturated carbocycles. The molecule has 0 spiro atoms. The fourth-order valence-corrected chi connectivity index (χ4v) is 6.30. The van der Waals surface area contributed by atoms with Crippen LogP contribution in [0, 0.1) is 11.8 Å². The standard InChI is InChI=1S/C22H22F2N4O5S2/c1-33-7-8-35(31,32)20(21(30)25-11-19(29)26-12-5-6-12)22-28-16-10-14(23)13(9-17(16)34-22)15-3-2-4-18(24)27-15/h2-4,9-10,12,20H,5-8,11H2,1H3,(H,25,30)(H,26,29). The number of pyridine rings is 1. The minimum absolute atomic E-state index is 0.00666. The normalized spacial score (nSPS) is 14.6. The molecule has 1 aliphatic rings. The number of ether oxygens (including phenoxy) is 1. The van der Waals surface area contributed by atoms with Gasteiger partial charge >= 0.3 is 0 Å². The molecule has 2 heterocycles. The van der Waals surface area contributed by atoms with Crippen molar-refractivity contribution in [1.82, 2.24) is 20.6 Å². The minimum atomic E-state index is -4.10. The van der Waals surface area contributed by atoms with Gasteiger partial charge in [-0.3, -0.25) is 9.59 Å². The van der Waals surface area contributed by atoms with E-state index in [1.54, 1.807) is 0 Å². The number of hydrogen-bond donors (Lipinski definition) is 2. The first kappa shape index (κ1) is 25.1. The number of nitrogens with zero attached hydrogens (tertiary/aromatic N) is 2. The third kappa shape index (κ3) is 5.97. The van der Waals surface area contributed by atoms with Crippen molar-refractivity contribution in [3.05, 3.63) is 47.1 Å². The number of halogens is 2. The number of carbonyl (C=O) groups is 2. The summed E-state index contributed by atoms with van der Waals surface area (Å²) >= 11 is 0.890. The Kier molecular flexibility index (Phi) is 7.38. The number of rotatable bonds is 10. The molecule has 0 radical (unpaired) electrons. The Hall–Kier alpha value is -3.03. The summed E-state index contributed by atoms with van der Waals surface area (Å²) in [5.74, 6) is -3.31. The van der Waals surface area contributed by atoms with E-state index in [0.29, 0.717) is 4.70 Å². The second kappa shape index (κ2) is 10.3. The van der Waals surface area contributed by atoms with Crippen LogP contribution in [0.1, 0.15) is 23.1 Å². The maximum absolute atomic E-state index is 14.8. The number of carbonyl (C=O) groups excluding carboxylic acids is 2. The third-order valence-corrected chi connectivity index (χ3v) is 8.37. The maximum Gasteiger partial charge on any atom is 0.245 e. The van der Waals surface area contributed by atoms with Gasteiger partial charge in [0.2, 0.25) is 17.8 Å². The van der Waals surface area contributed by atoms with Crippen molar-refractivity contribution >= 4 is 43.2 Å². The molecule has 1 atom stereocenters. The fraction of sp³-hybridized carbons (Fsp3) is 0.364. The summed E-state index contributed by atoms with van der Waals surface area (Å²) < 4.78 is 59.6. The summed E-state index contributed by atoms with van der Waals surface area (Å²) in [6.07, 6.45) is 1.73. The first-order valence-electron chi connectivity index (χ1n) is 10.7. The Morgan fingerprint density at radius 1 is 1.23 bits per heavy atom. The van der Waals surface area contributed by atoms with Crippen LogP contribution >= 0.6 is 11.3 Å². The zero-order valence-corrected chi connectivity index (χ0v) is 20.2. The molecule has 186 valence electrons. The minimum Gasteiger partial charge on any atom is -0.384 e. The van der Waals surface area contributed by atoms with Crippen LogP contribution in [0.2, 0.25) is 0 Å². The van der Waals surface area contributed by atoms with Crippen molar-refractivity contribution in [1.29, 1.82) is 0 Å². The van der Waals surface area contributed by atoms with E-state index in [-0.39, 0.29) is 41.0 Å². The average Bonchev–Trinajstić information content (AvgIpc) is 3.53. The Morgan fingerprint density at radius 3 is 2.69 bits per heavy atom. The molecule has 1 unspecified atom stereocenters. The molecule has 0 aliphatic heterocycles. The second-order valence-corrected chi connectivity index (χ2v) is 11.3. The first-order valence-corrected chi connectivity index (χ1v) is 13.2. The Balaban J connectivity index is 1.67. The molecule has 0 bridgehead atoms. The van der Waals surface area contributed by atoms with Crippen LogP contribution in [0.3, 0.4) is 0 Å². The van der Waals surface area contributed by atoms with Gasteiger partial charge in [0.15, 0.2) is 15.1 Å². The highest BCUT2D eigenvalue weighted by atomic mass is 32.2. The van der Waals surface area contributed by atoms with Crippen LogP contribution in [0.4, 0.5) is 8.78 Å². The van der Waals surface area contributed by atoms with Crippen molar-refractivity contribution < 1.29 is 31.5 Å². The van der Waals surface area contributed by atoms with Crippen LogP contribution in [0.5, 0.6) is 0 Å². The van der Waals surface area contributed by atoms with Crippen LogP contribution in [0.15, 0.2) is 30.3 Å². The summed E-state index contributed by atoms with van der Waals surface area (Å²) in [6.45, 7) is -0.538. The van der Waals surface area contributed by atoms with Gasteiger partial charge < -0.3 is 15.4 Å². The van der Waals surface area contributed by atoms with Gasteiger partial charge in [0.1, 0.15) is 10.8 Å². The topological polar surface area (TPSA) is 127 Å². The highest BCUT2D eigenvalue weighted by molar-refractivity contribution is 7.92. The van der Waals surface area contributed by atoms with E-state index < -0.39 is 44.4 Å². The predicted molar refractivity (Wildman–Crippen MR) is 125 cm³/mol. The van der Waals surface area contributed by atoms with Gasteiger partial charge in [-0.2, -0.15) is 4.39 Å². The Morgan fingerprint density at radius 2 is 2.00 bits per heavy atom. The fourth-order valence-electron chi connectivity index (χ4n) is 3.35. The van der Waals surface area contributed by atoms with E-state index >= 15 is 0 Å². The SMILES string of the molecule is COCCS(=O)(=O)C(C(=O)NCC(=O)NC1CC1)c1nc2cc(F)c(-c3cccc(F)n3)cc2s1.